The van der Waals surface area contributed by atoms with Gasteiger partial charge < -0.3 is 10.1 Å². The highest BCUT2D eigenvalue weighted by atomic mass is 16.5. The molecule has 1 aliphatic heterocycles. The van der Waals surface area contributed by atoms with Gasteiger partial charge in [0.15, 0.2) is 0 Å². The molecule has 1 aromatic carbocycles. The van der Waals surface area contributed by atoms with Crippen LogP contribution in [0, 0.1) is 17.8 Å². The number of hydrogen-bond donors (Lipinski definition) is 1. The van der Waals surface area contributed by atoms with Crippen molar-refractivity contribution in [2.45, 2.75) is 63.5 Å². The number of amides is 2. The van der Waals surface area contributed by atoms with Crippen molar-refractivity contribution >= 4 is 11.7 Å². The van der Waals surface area contributed by atoms with E-state index in [0.717, 1.165) is 35.6 Å². The summed E-state index contributed by atoms with van der Waals surface area (Å²) < 4.78 is 6.03. The molecule has 6 rings (SSSR count). The van der Waals surface area contributed by atoms with Crippen LogP contribution in [0.5, 0.6) is 5.75 Å². The number of rotatable bonds is 2. The van der Waals surface area contributed by atoms with Crippen molar-refractivity contribution < 1.29 is 9.53 Å². The van der Waals surface area contributed by atoms with E-state index in [1.165, 1.54) is 38.5 Å². The van der Waals surface area contributed by atoms with Gasteiger partial charge in [0.05, 0.1) is 12.2 Å². The molecular formula is C21H28N2O2. The van der Waals surface area contributed by atoms with Gasteiger partial charge in [-0.3, -0.25) is 4.90 Å². The zero-order valence-corrected chi connectivity index (χ0v) is 15.0. The van der Waals surface area contributed by atoms with Crippen LogP contribution in [0.3, 0.4) is 0 Å². The van der Waals surface area contributed by atoms with Gasteiger partial charge in [0.25, 0.3) is 0 Å². The zero-order chi connectivity index (χ0) is 17.0. The summed E-state index contributed by atoms with van der Waals surface area (Å²) in [5, 5.41) is 3.51. The van der Waals surface area contributed by atoms with Crippen molar-refractivity contribution in [2.24, 2.45) is 17.8 Å². The summed E-state index contributed by atoms with van der Waals surface area (Å²) in [6.07, 6.45) is 8.75. The minimum atomic E-state index is 0.0563. The molecule has 4 saturated carbocycles. The molecule has 0 aromatic heterocycles. The molecule has 1 heterocycles. The molecule has 4 bridgehead atoms. The first-order valence-electron chi connectivity index (χ1n) is 9.99. The fourth-order valence-electron chi connectivity index (χ4n) is 6.26. The van der Waals surface area contributed by atoms with E-state index < -0.39 is 0 Å². The Morgan fingerprint density at radius 2 is 1.80 bits per heavy atom. The average Bonchev–Trinajstić information content (AvgIpc) is 2.59. The van der Waals surface area contributed by atoms with Gasteiger partial charge in [0.1, 0.15) is 11.9 Å². The van der Waals surface area contributed by atoms with E-state index >= 15 is 0 Å². The number of para-hydroxylation sites is 2. The van der Waals surface area contributed by atoms with E-state index in [1.807, 2.05) is 29.2 Å². The first-order valence-corrected chi connectivity index (χ1v) is 9.99. The molecular weight excluding hydrogens is 312 g/mol. The van der Waals surface area contributed by atoms with Gasteiger partial charge in [-0.25, -0.2) is 4.79 Å². The number of nitrogens with zero attached hydrogens (tertiary/aromatic N) is 1. The summed E-state index contributed by atoms with van der Waals surface area (Å²) in [5.74, 6) is 3.35. The molecule has 4 nitrogen and oxygen atoms in total. The Bertz CT molecular complexity index is 651. The van der Waals surface area contributed by atoms with E-state index in [2.05, 4.69) is 12.2 Å². The van der Waals surface area contributed by atoms with Gasteiger partial charge >= 0.3 is 6.03 Å². The number of urea groups is 1. The average molecular weight is 340 g/mol. The summed E-state index contributed by atoms with van der Waals surface area (Å²) >= 11 is 0. The van der Waals surface area contributed by atoms with Crippen LogP contribution < -0.4 is 15.0 Å². The third kappa shape index (κ3) is 2.61. The Hall–Kier alpha value is -1.71. The smallest absolute Gasteiger partial charge is 0.322 e. The molecule has 4 aliphatic carbocycles. The third-order valence-electron chi connectivity index (χ3n) is 6.95. The van der Waals surface area contributed by atoms with Gasteiger partial charge in [0, 0.05) is 5.54 Å². The van der Waals surface area contributed by atoms with Crippen molar-refractivity contribution in [1.82, 2.24) is 5.32 Å². The molecule has 25 heavy (non-hydrogen) atoms. The molecule has 1 aromatic rings. The number of carbonyl (C=O) groups excluding carboxylic acids is 1. The molecule has 4 heteroatoms. The molecule has 0 unspecified atom stereocenters. The molecule has 1 atom stereocenters. The lowest BCUT2D eigenvalue weighted by molar-refractivity contribution is -0.0132. The van der Waals surface area contributed by atoms with Crippen LogP contribution in [-0.4, -0.2) is 24.2 Å². The molecule has 0 saturated heterocycles. The maximum absolute atomic E-state index is 13.3. The predicted molar refractivity (Wildman–Crippen MR) is 97.9 cm³/mol. The van der Waals surface area contributed by atoms with Crippen LogP contribution in [0.2, 0.25) is 0 Å². The summed E-state index contributed by atoms with van der Waals surface area (Å²) in [5.41, 5.74) is 0.968. The van der Waals surface area contributed by atoms with Crippen LogP contribution >= 0.6 is 0 Å². The minimum absolute atomic E-state index is 0.0563. The monoisotopic (exact) mass is 340 g/mol. The number of anilines is 1. The van der Waals surface area contributed by atoms with Crippen molar-refractivity contribution in [3.05, 3.63) is 24.3 Å². The second kappa shape index (κ2) is 5.65. The largest absolute Gasteiger partial charge is 0.486 e. The summed E-state index contributed by atoms with van der Waals surface area (Å²) in [7, 11) is 0. The van der Waals surface area contributed by atoms with Gasteiger partial charge in [-0.15, -0.1) is 0 Å². The Morgan fingerprint density at radius 1 is 1.16 bits per heavy atom. The molecule has 2 amide bonds. The highest BCUT2D eigenvalue weighted by Gasteiger charge is 2.52. The Balaban J connectivity index is 1.39. The number of fused-ring (bicyclic) bond motifs is 1. The molecule has 5 aliphatic rings. The van der Waals surface area contributed by atoms with E-state index in [9.17, 15) is 4.79 Å². The maximum Gasteiger partial charge on any atom is 0.322 e. The molecule has 0 radical (unpaired) electrons. The second-order valence-electron chi connectivity index (χ2n) is 8.85. The Morgan fingerprint density at radius 3 is 2.44 bits per heavy atom. The van der Waals surface area contributed by atoms with Gasteiger partial charge in [0.2, 0.25) is 0 Å². The van der Waals surface area contributed by atoms with Crippen LogP contribution in [0.1, 0.15) is 51.9 Å². The fourth-order valence-corrected chi connectivity index (χ4v) is 6.26. The van der Waals surface area contributed by atoms with Crippen molar-refractivity contribution in [2.75, 3.05) is 11.4 Å². The van der Waals surface area contributed by atoms with E-state index in [0.29, 0.717) is 6.54 Å². The third-order valence-corrected chi connectivity index (χ3v) is 6.95. The topological polar surface area (TPSA) is 41.6 Å². The number of carbonyl (C=O) groups is 1. The quantitative estimate of drug-likeness (QED) is 0.870. The lowest BCUT2D eigenvalue weighted by Crippen LogP contribution is -2.62. The Kier molecular flexibility index (Phi) is 3.51. The van der Waals surface area contributed by atoms with Crippen LogP contribution in [-0.2, 0) is 0 Å². The van der Waals surface area contributed by atoms with Crippen LogP contribution in [0.15, 0.2) is 24.3 Å². The van der Waals surface area contributed by atoms with E-state index in [1.54, 1.807) is 0 Å². The Labute approximate surface area is 149 Å². The summed E-state index contributed by atoms with van der Waals surface area (Å²) in [6, 6.07) is 8.02. The number of ether oxygens (including phenoxy) is 1. The number of benzene rings is 1. The number of nitrogens with one attached hydrogen (secondary N) is 1. The normalized spacial score (nSPS) is 38.2. The minimum Gasteiger partial charge on any atom is -0.486 e. The maximum atomic E-state index is 13.3. The second-order valence-corrected chi connectivity index (χ2v) is 8.85. The molecule has 4 fully saturated rings. The first-order chi connectivity index (χ1) is 12.1. The summed E-state index contributed by atoms with van der Waals surface area (Å²) in [4.78, 5) is 15.2. The van der Waals surface area contributed by atoms with Gasteiger partial charge in [-0.2, -0.15) is 0 Å². The van der Waals surface area contributed by atoms with E-state index in [-0.39, 0.29) is 17.7 Å². The molecule has 0 spiro atoms. The molecule has 1 N–H and O–H groups in total. The van der Waals surface area contributed by atoms with Gasteiger partial charge in [-0.05, 0) is 74.8 Å². The van der Waals surface area contributed by atoms with Crippen molar-refractivity contribution in [1.29, 1.82) is 0 Å². The predicted octanol–water partition coefficient (Wildman–Crippen LogP) is 4.34. The SMILES string of the molecule is CC[C@H]1CN(C(=O)NC23CC4CC(CC(C4)C2)C3)c2ccccc2O1. The van der Waals surface area contributed by atoms with E-state index in [4.69, 9.17) is 4.74 Å². The first kappa shape index (κ1) is 15.5. The van der Waals surface area contributed by atoms with Crippen LogP contribution in [0.4, 0.5) is 10.5 Å². The lowest BCUT2D eigenvalue weighted by atomic mass is 9.53. The molecule has 134 valence electrons. The van der Waals surface area contributed by atoms with Crippen molar-refractivity contribution in [3.63, 3.8) is 0 Å². The lowest BCUT2D eigenvalue weighted by Gasteiger charge is -2.57. The number of hydrogen-bond acceptors (Lipinski definition) is 2. The highest BCUT2D eigenvalue weighted by Crippen LogP contribution is 2.55. The standard InChI is InChI=1S/C21H28N2O2/c1-2-17-13-23(18-5-3-4-6-19(18)25-17)20(24)22-21-10-14-7-15(11-21)9-16(8-14)12-21/h3-6,14-17H,2,7-13H2,1H3,(H,22,24)/t14?,15?,16?,17-,21?/m0/s1. The van der Waals surface area contributed by atoms with Crippen molar-refractivity contribution in [3.8, 4) is 5.75 Å². The fraction of sp³-hybridized carbons (Fsp3) is 0.667. The van der Waals surface area contributed by atoms with Gasteiger partial charge in [-0.1, -0.05) is 19.1 Å². The highest BCUT2D eigenvalue weighted by molar-refractivity contribution is 5.94. The summed E-state index contributed by atoms with van der Waals surface area (Å²) in [6.45, 7) is 2.76. The zero-order valence-electron chi connectivity index (χ0n) is 15.0. The van der Waals surface area contributed by atoms with Crippen LogP contribution in [0.25, 0.3) is 0 Å².